The lowest BCUT2D eigenvalue weighted by atomic mass is 9.88. The number of pyridine rings is 1. The highest BCUT2D eigenvalue weighted by Crippen LogP contribution is 2.35. The number of nitrogens with zero attached hydrogens (tertiary/aromatic N) is 1. The van der Waals surface area contributed by atoms with Crippen LogP contribution in [-0.4, -0.2) is 23.1 Å². The summed E-state index contributed by atoms with van der Waals surface area (Å²) in [6, 6.07) is 7.44. The molecule has 1 saturated heterocycles. The number of hydrogen-bond donors (Lipinski definition) is 2. The van der Waals surface area contributed by atoms with Gasteiger partial charge in [-0.25, -0.2) is 4.98 Å². The maximum absolute atomic E-state index is 5.76. The van der Waals surface area contributed by atoms with Crippen LogP contribution < -0.4 is 5.32 Å². The van der Waals surface area contributed by atoms with Crippen LogP contribution in [0.5, 0.6) is 0 Å². The molecule has 0 aliphatic carbocycles. The van der Waals surface area contributed by atoms with Crippen LogP contribution >= 0.6 is 0 Å². The van der Waals surface area contributed by atoms with Crippen molar-refractivity contribution in [3.8, 4) is 11.1 Å². The molecule has 2 aliphatic heterocycles. The highest BCUT2D eigenvalue weighted by Gasteiger charge is 2.24. The van der Waals surface area contributed by atoms with E-state index >= 15 is 0 Å². The fourth-order valence-electron chi connectivity index (χ4n) is 4.23. The molecule has 25 heavy (non-hydrogen) atoms. The summed E-state index contributed by atoms with van der Waals surface area (Å²) in [6.07, 6.45) is 7.48. The summed E-state index contributed by atoms with van der Waals surface area (Å²) in [6.45, 7) is 4.81. The summed E-state index contributed by atoms with van der Waals surface area (Å²) in [7, 11) is 0. The van der Waals surface area contributed by atoms with Crippen molar-refractivity contribution in [3.05, 3.63) is 52.8 Å². The molecule has 0 radical (unpaired) electrons. The minimum atomic E-state index is 0.459. The summed E-state index contributed by atoms with van der Waals surface area (Å²) >= 11 is 0. The standard InChI is InChI=1S/C21H23N3O/c1-13-10-23-21-17(13)9-16(11-24-21)15-7-14-4-6-25-12-19(14)18(8-15)20-3-2-5-22-20/h7-11,20,22H,2-6,12H2,1H3,(H,23,24). The number of rotatable bonds is 2. The molecule has 1 fully saturated rings. The molecule has 3 aromatic rings. The molecule has 4 nitrogen and oxygen atoms in total. The number of ether oxygens (including phenoxy) is 1. The van der Waals surface area contributed by atoms with Gasteiger partial charge in [0.25, 0.3) is 0 Å². The van der Waals surface area contributed by atoms with E-state index < -0.39 is 0 Å². The van der Waals surface area contributed by atoms with Gasteiger partial charge in [-0.1, -0.05) is 6.07 Å². The van der Waals surface area contributed by atoms with Crippen LogP contribution in [-0.2, 0) is 17.8 Å². The molecule has 2 aliphatic rings. The molecule has 4 heterocycles. The Morgan fingerprint density at radius 1 is 1.20 bits per heavy atom. The van der Waals surface area contributed by atoms with Crippen molar-refractivity contribution < 1.29 is 4.74 Å². The second kappa shape index (κ2) is 5.97. The van der Waals surface area contributed by atoms with Crippen LogP contribution in [0.4, 0.5) is 0 Å². The second-order valence-electron chi connectivity index (χ2n) is 7.25. The van der Waals surface area contributed by atoms with Gasteiger partial charge in [-0.3, -0.25) is 0 Å². The van der Waals surface area contributed by atoms with Gasteiger partial charge in [-0.2, -0.15) is 0 Å². The summed E-state index contributed by atoms with van der Waals surface area (Å²) < 4.78 is 5.76. The lowest BCUT2D eigenvalue weighted by molar-refractivity contribution is 0.109. The molecule has 0 saturated carbocycles. The molecular weight excluding hydrogens is 310 g/mol. The Labute approximate surface area is 147 Å². The van der Waals surface area contributed by atoms with Crippen molar-refractivity contribution in [1.82, 2.24) is 15.3 Å². The quantitative estimate of drug-likeness (QED) is 0.744. The van der Waals surface area contributed by atoms with Crippen molar-refractivity contribution in [1.29, 1.82) is 0 Å². The summed E-state index contributed by atoms with van der Waals surface area (Å²) in [5, 5.41) is 4.87. The van der Waals surface area contributed by atoms with E-state index in [0.717, 1.165) is 31.8 Å². The molecule has 0 amide bonds. The van der Waals surface area contributed by atoms with E-state index in [4.69, 9.17) is 4.74 Å². The summed E-state index contributed by atoms with van der Waals surface area (Å²) in [5.74, 6) is 0. The van der Waals surface area contributed by atoms with E-state index in [-0.39, 0.29) is 0 Å². The van der Waals surface area contributed by atoms with Crippen LogP contribution in [0.2, 0.25) is 0 Å². The fourth-order valence-corrected chi connectivity index (χ4v) is 4.23. The van der Waals surface area contributed by atoms with E-state index in [1.807, 2.05) is 12.4 Å². The lowest BCUT2D eigenvalue weighted by Crippen LogP contribution is -2.19. The molecule has 1 aromatic carbocycles. The minimum absolute atomic E-state index is 0.459. The molecule has 4 heteroatoms. The van der Waals surface area contributed by atoms with Gasteiger partial charge in [0.2, 0.25) is 0 Å². The topological polar surface area (TPSA) is 49.9 Å². The first-order chi connectivity index (χ1) is 12.3. The first kappa shape index (κ1) is 15.1. The zero-order valence-corrected chi connectivity index (χ0v) is 14.6. The van der Waals surface area contributed by atoms with Crippen molar-refractivity contribution in [3.63, 3.8) is 0 Å². The number of hydrogen-bond acceptors (Lipinski definition) is 3. The largest absolute Gasteiger partial charge is 0.376 e. The molecule has 128 valence electrons. The highest BCUT2D eigenvalue weighted by atomic mass is 16.5. The highest BCUT2D eigenvalue weighted by molar-refractivity contribution is 5.84. The van der Waals surface area contributed by atoms with Gasteiger partial charge in [0.1, 0.15) is 5.65 Å². The summed E-state index contributed by atoms with van der Waals surface area (Å²) in [5.41, 5.74) is 8.96. The molecule has 0 spiro atoms. The van der Waals surface area contributed by atoms with Gasteiger partial charge in [0, 0.05) is 29.4 Å². The number of H-pyrrole nitrogens is 1. The fraction of sp³-hybridized carbons (Fsp3) is 0.381. The molecule has 0 bridgehead atoms. The third kappa shape index (κ3) is 2.57. The average Bonchev–Trinajstić information content (AvgIpc) is 3.31. The van der Waals surface area contributed by atoms with Crippen LogP contribution in [0, 0.1) is 6.92 Å². The van der Waals surface area contributed by atoms with E-state index in [1.165, 1.54) is 51.6 Å². The van der Waals surface area contributed by atoms with Crippen LogP contribution in [0.1, 0.15) is 41.1 Å². The zero-order chi connectivity index (χ0) is 16.8. The predicted molar refractivity (Wildman–Crippen MR) is 99.6 cm³/mol. The predicted octanol–water partition coefficient (Wildman–Crippen LogP) is 4.04. The summed E-state index contributed by atoms with van der Waals surface area (Å²) in [4.78, 5) is 7.86. The van der Waals surface area contributed by atoms with Gasteiger partial charge < -0.3 is 15.0 Å². The van der Waals surface area contributed by atoms with Gasteiger partial charge in [0.05, 0.1) is 13.2 Å². The monoisotopic (exact) mass is 333 g/mol. The number of aromatic amines is 1. The Balaban J connectivity index is 1.66. The van der Waals surface area contributed by atoms with Crippen LogP contribution in [0.3, 0.4) is 0 Å². The first-order valence-corrected chi connectivity index (χ1v) is 9.20. The number of aromatic nitrogens is 2. The first-order valence-electron chi connectivity index (χ1n) is 9.20. The molecule has 1 unspecified atom stereocenters. The van der Waals surface area contributed by atoms with Crippen LogP contribution in [0.25, 0.3) is 22.2 Å². The molecular formula is C21H23N3O. The van der Waals surface area contributed by atoms with Crippen LogP contribution in [0.15, 0.2) is 30.6 Å². The normalized spacial score (nSPS) is 20.1. The number of nitrogens with one attached hydrogen (secondary N) is 2. The minimum Gasteiger partial charge on any atom is -0.376 e. The Kier molecular flexibility index (Phi) is 3.61. The third-order valence-electron chi connectivity index (χ3n) is 5.65. The van der Waals surface area contributed by atoms with Crippen molar-refractivity contribution in [2.75, 3.05) is 13.2 Å². The molecule has 2 N–H and O–H groups in total. The van der Waals surface area contributed by atoms with Gasteiger partial charge in [0.15, 0.2) is 0 Å². The number of fused-ring (bicyclic) bond motifs is 2. The maximum Gasteiger partial charge on any atom is 0.137 e. The zero-order valence-electron chi connectivity index (χ0n) is 14.6. The molecule has 1 atom stereocenters. The smallest absolute Gasteiger partial charge is 0.137 e. The second-order valence-corrected chi connectivity index (χ2v) is 7.25. The average molecular weight is 333 g/mol. The third-order valence-corrected chi connectivity index (χ3v) is 5.65. The van der Waals surface area contributed by atoms with Crippen molar-refractivity contribution in [2.24, 2.45) is 0 Å². The SMILES string of the molecule is Cc1c[nH]c2ncc(-c3cc4c(c(C5CCCN5)c3)COCC4)cc12. The Morgan fingerprint density at radius 2 is 2.16 bits per heavy atom. The van der Waals surface area contributed by atoms with Crippen molar-refractivity contribution >= 4 is 11.0 Å². The van der Waals surface area contributed by atoms with E-state index in [1.54, 1.807) is 0 Å². The Hall–Kier alpha value is -2.17. The van der Waals surface area contributed by atoms with Gasteiger partial charge in [-0.05, 0) is 72.7 Å². The lowest BCUT2D eigenvalue weighted by Gasteiger charge is -2.24. The van der Waals surface area contributed by atoms with E-state index in [2.05, 4.69) is 40.4 Å². The Morgan fingerprint density at radius 3 is 3.04 bits per heavy atom. The maximum atomic E-state index is 5.76. The number of aryl methyl sites for hydroxylation is 1. The van der Waals surface area contributed by atoms with E-state index in [9.17, 15) is 0 Å². The Bertz CT molecular complexity index is 938. The van der Waals surface area contributed by atoms with Gasteiger partial charge >= 0.3 is 0 Å². The molecule has 2 aromatic heterocycles. The van der Waals surface area contributed by atoms with Gasteiger partial charge in [-0.15, -0.1) is 0 Å². The van der Waals surface area contributed by atoms with E-state index in [0.29, 0.717) is 6.04 Å². The number of benzene rings is 1. The van der Waals surface area contributed by atoms with Crippen molar-refractivity contribution in [2.45, 2.75) is 38.8 Å². The molecule has 5 rings (SSSR count).